The number of nitrogens with one attached hydrogen (secondary N) is 2. The van der Waals surface area contributed by atoms with Crippen LogP contribution >= 0.6 is 11.8 Å². The van der Waals surface area contributed by atoms with Crippen LogP contribution in [0.2, 0.25) is 0 Å². The second-order valence-electron chi connectivity index (χ2n) is 7.78. The zero-order valence-corrected chi connectivity index (χ0v) is 17.4. The van der Waals surface area contributed by atoms with E-state index in [2.05, 4.69) is 31.3 Å². The lowest BCUT2D eigenvalue weighted by Crippen LogP contribution is -2.14. The average Bonchev–Trinajstić information content (AvgIpc) is 2.63. The molecule has 3 rings (SSSR count). The van der Waals surface area contributed by atoms with Gasteiger partial charge < -0.3 is 5.11 Å². The maximum Gasteiger partial charge on any atom is 0.144 e. The number of hydrogen-bond donors (Lipinski definition) is 3. The topological polar surface area (TPSA) is 68.5 Å². The molecule has 28 heavy (non-hydrogen) atoms. The monoisotopic (exact) mass is 391 g/mol. The Balaban J connectivity index is 1.77. The van der Waals surface area contributed by atoms with Crippen LogP contribution in [0.1, 0.15) is 31.9 Å². The Labute approximate surface area is 170 Å². The molecule has 0 aromatic heterocycles. The van der Waals surface area contributed by atoms with Gasteiger partial charge in [-0.3, -0.25) is 10.8 Å². The zero-order valence-electron chi connectivity index (χ0n) is 16.6. The van der Waals surface area contributed by atoms with Gasteiger partial charge >= 0.3 is 0 Å². The van der Waals surface area contributed by atoms with E-state index in [1.54, 1.807) is 17.8 Å². The van der Waals surface area contributed by atoms with Gasteiger partial charge in [0.2, 0.25) is 0 Å². The summed E-state index contributed by atoms with van der Waals surface area (Å²) in [6.07, 6.45) is 5.57. The predicted molar refractivity (Wildman–Crippen MR) is 120 cm³/mol. The van der Waals surface area contributed by atoms with E-state index in [0.29, 0.717) is 17.1 Å². The van der Waals surface area contributed by atoms with Gasteiger partial charge in [-0.15, -0.1) is 0 Å². The van der Waals surface area contributed by atoms with Gasteiger partial charge in [-0.25, -0.2) is 0 Å². The van der Waals surface area contributed by atoms with Crippen LogP contribution in [-0.2, 0) is 5.41 Å². The summed E-state index contributed by atoms with van der Waals surface area (Å²) in [5.74, 6) is 0.199. The molecular formula is C23H25N3OS. The minimum absolute atomic E-state index is 0.177. The highest BCUT2D eigenvalue weighted by atomic mass is 32.2. The summed E-state index contributed by atoms with van der Waals surface area (Å²) in [5, 5.41) is 23.2. The first-order chi connectivity index (χ1) is 13.2. The number of anilines is 1. The van der Waals surface area contributed by atoms with Crippen molar-refractivity contribution < 1.29 is 5.11 Å². The van der Waals surface area contributed by atoms with Crippen molar-refractivity contribution in [2.75, 3.05) is 5.43 Å². The van der Waals surface area contributed by atoms with Crippen molar-refractivity contribution in [2.45, 2.75) is 38.0 Å². The Bertz CT molecular complexity index is 983. The Morgan fingerprint density at radius 3 is 2.43 bits per heavy atom. The van der Waals surface area contributed by atoms with E-state index in [9.17, 15) is 5.11 Å². The van der Waals surface area contributed by atoms with Gasteiger partial charge in [0.15, 0.2) is 0 Å². The Morgan fingerprint density at radius 2 is 1.79 bits per heavy atom. The van der Waals surface area contributed by atoms with Crippen molar-refractivity contribution in [2.24, 2.45) is 5.10 Å². The van der Waals surface area contributed by atoms with Gasteiger partial charge in [-0.1, -0.05) is 56.8 Å². The summed E-state index contributed by atoms with van der Waals surface area (Å²) < 4.78 is 0. The van der Waals surface area contributed by atoms with Crippen molar-refractivity contribution in [3.8, 4) is 5.75 Å². The lowest BCUT2D eigenvalue weighted by atomic mass is 9.85. The Morgan fingerprint density at radius 1 is 1.07 bits per heavy atom. The summed E-state index contributed by atoms with van der Waals surface area (Å²) in [4.78, 5) is 2.12. The first kappa shape index (κ1) is 20.0. The second kappa shape index (κ2) is 8.07. The fourth-order valence-electron chi connectivity index (χ4n) is 2.86. The third kappa shape index (κ3) is 4.73. The Kier molecular flexibility index (Phi) is 5.75. The predicted octanol–water partition coefficient (Wildman–Crippen LogP) is 6.03. The molecule has 2 aromatic carbocycles. The van der Waals surface area contributed by atoms with Gasteiger partial charge in [0, 0.05) is 15.4 Å². The molecule has 0 spiro atoms. The highest BCUT2D eigenvalue weighted by Gasteiger charge is 2.21. The summed E-state index contributed by atoms with van der Waals surface area (Å²) in [6, 6.07) is 13.9. The lowest BCUT2D eigenvalue weighted by molar-refractivity contribution is 0.448. The Hall–Kier alpha value is -2.79. The second-order valence-corrected chi connectivity index (χ2v) is 8.92. The van der Waals surface area contributed by atoms with E-state index in [1.807, 2.05) is 61.5 Å². The van der Waals surface area contributed by atoms with Crippen LogP contribution in [0, 0.1) is 12.3 Å². The molecule has 0 radical (unpaired) electrons. The number of aryl methyl sites for hydroxylation is 1. The van der Waals surface area contributed by atoms with Gasteiger partial charge in [-0.05, 0) is 54.3 Å². The smallest absolute Gasteiger partial charge is 0.144 e. The highest BCUT2D eigenvalue weighted by molar-refractivity contribution is 8.03. The molecule has 0 aliphatic heterocycles. The minimum atomic E-state index is -0.177. The molecule has 144 valence electrons. The third-order valence-corrected chi connectivity index (χ3v) is 5.30. The molecular weight excluding hydrogens is 366 g/mol. The molecule has 0 amide bonds. The molecule has 5 heteroatoms. The van der Waals surface area contributed by atoms with Crippen molar-refractivity contribution in [3.63, 3.8) is 0 Å². The number of allylic oxidation sites excluding steroid dienone is 3. The van der Waals surface area contributed by atoms with E-state index >= 15 is 0 Å². The number of hydrogen-bond acceptors (Lipinski definition) is 5. The van der Waals surface area contributed by atoms with Crippen LogP contribution in [-0.4, -0.2) is 16.5 Å². The number of benzene rings is 2. The standard InChI is InChI=1S/C23H25N3OS/c1-15-12-18(23(2,3)4)22(27)21(13-15)26-25-20-11-10-17(14-19(20)24)28-16-8-6-5-7-9-16/h5-14,24,26-27H,1-4H3/b24-19?,25-20-. The van der Waals surface area contributed by atoms with E-state index in [-0.39, 0.29) is 11.2 Å². The molecule has 0 bridgehead atoms. The number of phenolic OH excluding ortho intramolecular Hbond substituents is 1. The number of thioether (sulfide) groups is 1. The van der Waals surface area contributed by atoms with Crippen LogP contribution in [0.4, 0.5) is 5.69 Å². The quantitative estimate of drug-likeness (QED) is 0.338. The summed E-state index contributed by atoms with van der Waals surface area (Å²) >= 11 is 1.61. The van der Waals surface area contributed by atoms with Gasteiger partial charge in [0.25, 0.3) is 0 Å². The van der Waals surface area contributed by atoms with E-state index in [0.717, 1.165) is 20.9 Å². The third-order valence-electron chi connectivity index (χ3n) is 4.31. The summed E-state index contributed by atoms with van der Waals surface area (Å²) in [6.45, 7) is 8.18. The van der Waals surface area contributed by atoms with Crippen molar-refractivity contribution in [1.29, 1.82) is 5.41 Å². The van der Waals surface area contributed by atoms with Crippen LogP contribution in [0.25, 0.3) is 0 Å². The zero-order chi connectivity index (χ0) is 20.3. The molecule has 0 fully saturated rings. The van der Waals surface area contributed by atoms with Gasteiger partial charge in [0.1, 0.15) is 11.5 Å². The molecule has 1 aliphatic rings. The van der Waals surface area contributed by atoms with Crippen LogP contribution in [0.15, 0.2) is 75.6 Å². The first-order valence-electron chi connectivity index (χ1n) is 9.13. The van der Waals surface area contributed by atoms with E-state index in [1.165, 1.54) is 0 Å². The lowest BCUT2D eigenvalue weighted by Gasteiger charge is -2.22. The maximum atomic E-state index is 10.6. The van der Waals surface area contributed by atoms with E-state index in [4.69, 9.17) is 5.41 Å². The molecule has 0 atom stereocenters. The SMILES string of the molecule is Cc1cc(N/N=C2/C=CC(Sc3ccccc3)=CC2=N)c(O)c(C(C)(C)C)c1. The maximum absolute atomic E-state index is 10.6. The van der Waals surface area contributed by atoms with Crippen LogP contribution in [0.3, 0.4) is 0 Å². The number of nitrogens with zero attached hydrogens (tertiary/aromatic N) is 1. The molecule has 4 nitrogen and oxygen atoms in total. The largest absolute Gasteiger partial charge is 0.505 e. The molecule has 0 heterocycles. The molecule has 3 N–H and O–H groups in total. The number of aromatic hydroxyl groups is 1. The number of phenols is 1. The normalized spacial score (nSPS) is 15.6. The molecule has 0 saturated heterocycles. The molecule has 1 aliphatic carbocycles. The fraction of sp³-hybridized carbons (Fsp3) is 0.217. The molecule has 0 saturated carbocycles. The van der Waals surface area contributed by atoms with E-state index < -0.39 is 0 Å². The fourth-order valence-corrected chi connectivity index (χ4v) is 3.74. The first-order valence-corrected chi connectivity index (χ1v) is 9.95. The average molecular weight is 392 g/mol. The van der Waals surface area contributed by atoms with Crippen molar-refractivity contribution in [1.82, 2.24) is 0 Å². The number of hydrazone groups is 1. The van der Waals surface area contributed by atoms with Gasteiger partial charge in [-0.2, -0.15) is 5.10 Å². The molecule has 0 unspecified atom stereocenters. The van der Waals surface area contributed by atoms with Crippen LogP contribution in [0.5, 0.6) is 5.75 Å². The number of rotatable bonds is 4. The van der Waals surface area contributed by atoms with Crippen LogP contribution < -0.4 is 5.43 Å². The minimum Gasteiger partial charge on any atom is -0.505 e. The summed E-state index contributed by atoms with van der Waals surface area (Å²) in [5.41, 5.74) is 6.08. The highest BCUT2D eigenvalue weighted by Crippen LogP contribution is 2.37. The molecule has 2 aromatic rings. The van der Waals surface area contributed by atoms with Crippen molar-refractivity contribution in [3.05, 3.63) is 76.7 Å². The summed E-state index contributed by atoms with van der Waals surface area (Å²) in [7, 11) is 0. The van der Waals surface area contributed by atoms with Gasteiger partial charge in [0.05, 0.1) is 11.4 Å². The van der Waals surface area contributed by atoms with Crippen molar-refractivity contribution >= 4 is 28.9 Å².